The molecule has 4 rings (SSSR count). The van der Waals surface area contributed by atoms with Gasteiger partial charge in [0.05, 0.1) is 31.5 Å². The van der Waals surface area contributed by atoms with Crippen molar-refractivity contribution in [1.29, 1.82) is 0 Å². The topological polar surface area (TPSA) is 79.3 Å². The van der Waals surface area contributed by atoms with E-state index >= 15 is 0 Å². The standard InChI is InChI=1S/C29H30N2O5/c1-6-18-7-9-20(10-8-18)27(32)25-26(19-11-13-21(14-12-19)30(2)3)31(29(34)28(25)33)22-15-23(35-4)17-24(16-22)36-5/h7-17,26,32H,6H2,1-5H3/b27-25+. The van der Waals surface area contributed by atoms with Crippen LogP contribution in [-0.4, -0.2) is 45.1 Å². The number of rotatable bonds is 7. The molecule has 0 aromatic heterocycles. The minimum absolute atomic E-state index is 0.0311. The SMILES string of the molecule is CCc1ccc(/C(O)=C2\C(=O)C(=O)N(c3cc(OC)cc(OC)c3)C2c2ccc(N(C)C)cc2)cc1. The van der Waals surface area contributed by atoms with Gasteiger partial charge < -0.3 is 19.5 Å². The molecule has 0 bridgehead atoms. The Kier molecular flexibility index (Phi) is 7.01. The Morgan fingerprint density at radius 1 is 0.917 bits per heavy atom. The predicted molar refractivity (Wildman–Crippen MR) is 141 cm³/mol. The summed E-state index contributed by atoms with van der Waals surface area (Å²) in [6.45, 7) is 2.04. The highest BCUT2D eigenvalue weighted by molar-refractivity contribution is 6.51. The van der Waals surface area contributed by atoms with Crippen LogP contribution >= 0.6 is 0 Å². The molecule has 0 saturated carbocycles. The van der Waals surface area contributed by atoms with Gasteiger partial charge in [-0.2, -0.15) is 0 Å². The molecular formula is C29H30N2O5. The zero-order valence-corrected chi connectivity index (χ0v) is 21.1. The quantitative estimate of drug-likeness (QED) is 0.289. The van der Waals surface area contributed by atoms with Crippen molar-refractivity contribution in [1.82, 2.24) is 0 Å². The number of hydrogen-bond donors (Lipinski definition) is 1. The van der Waals surface area contributed by atoms with Gasteiger partial charge in [0.1, 0.15) is 17.3 Å². The molecule has 1 aliphatic heterocycles. The molecule has 3 aromatic rings. The Morgan fingerprint density at radius 3 is 2.00 bits per heavy atom. The van der Waals surface area contributed by atoms with E-state index in [0.29, 0.717) is 28.3 Å². The first kappa shape index (κ1) is 24.9. The number of carbonyl (C=O) groups excluding carboxylic acids is 2. The van der Waals surface area contributed by atoms with Crippen molar-refractivity contribution < 1.29 is 24.2 Å². The van der Waals surface area contributed by atoms with Gasteiger partial charge >= 0.3 is 0 Å². The number of carbonyl (C=O) groups is 2. The van der Waals surface area contributed by atoms with Crippen molar-refractivity contribution in [2.24, 2.45) is 0 Å². The zero-order valence-electron chi connectivity index (χ0n) is 21.1. The maximum Gasteiger partial charge on any atom is 0.300 e. The number of aryl methyl sites for hydroxylation is 1. The molecule has 1 aliphatic rings. The molecule has 0 aliphatic carbocycles. The van der Waals surface area contributed by atoms with Crippen LogP contribution in [0.4, 0.5) is 11.4 Å². The molecule has 7 nitrogen and oxygen atoms in total. The van der Waals surface area contributed by atoms with E-state index in [1.807, 2.05) is 62.3 Å². The van der Waals surface area contributed by atoms with Crippen molar-refractivity contribution >= 4 is 28.8 Å². The second-order valence-corrected chi connectivity index (χ2v) is 8.78. The number of benzene rings is 3. The summed E-state index contributed by atoms with van der Waals surface area (Å²) in [6.07, 6.45) is 0.849. The normalized spacial score (nSPS) is 16.8. The Hall–Kier alpha value is -4.26. The van der Waals surface area contributed by atoms with Gasteiger partial charge in [0.2, 0.25) is 0 Å². The number of nitrogens with zero attached hydrogens (tertiary/aromatic N) is 2. The zero-order chi connectivity index (χ0) is 26.0. The highest BCUT2D eigenvalue weighted by Gasteiger charge is 2.47. The molecule has 1 saturated heterocycles. The summed E-state index contributed by atoms with van der Waals surface area (Å²) >= 11 is 0. The van der Waals surface area contributed by atoms with Crippen LogP contribution in [0, 0.1) is 0 Å². The molecule has 0 spiro atoms. The smallest absolute Gasteiger partial charge is 0.300 e. The third kappa shape index (κ3) is 4.52. The lowest BCUT2D eigenvalue weighted by molar-refractivity contribution is -0.132. The van der Waals surface area contributed by atoms with Gasteiger partial charge in [0.25, 0.3) is 11.7 Å². The van der Waals surface area contributed by atoms with Gasteiger partial charge in [0.15, 0.2) is 0 Å². The fourth-order valence-electron chi connectivity index (χ4n) is 4.35. The van der Waals surface area contributed by atoms with Gasteiger partial charge in [0, 0.05) is 43.5 Å². The summed E-state index contributed by atoms with van der Waals surface area (Å²) in [6, 6.07) is 19.1. The van der Waals surface area contributed by atoms with Crippen LogP contribution < -0.4 is 19.3 Å². The van der Waals surface area contributed by atoms with Gasteiger partial charge in [-0.1, -0.05) is 43.3 Å². The van der Waals surface area contributed by atoms with Crippen LogP contribution in [-0.2, 0) is 16.0 Å². The molecule has 1 heterocycles. The minimum Gasteiger partial charge on any atom is -0.507 e. The summed E-state index contributed by atoms with van der Waals surface area (Å²) < 4.78 is 10.8. The van der Waals surface area contributed by atoms with Crippen LogP contribution in [0.2, 0.25) is 0 Å². The summed E-state index contributed by atoms with van der Waals surface area (Å²) in [5.41, 5.74) is 3.69. The number of anilines is 2. The fraction of sp³-hybridized carbons (Fsp3) is 0.241. The first-order chi connectivity index (χ1) is 17.3. The molecule has 3 aromatic carbocycles. The largest absolute Gasteiger partial charge is 0.507 e. The number of ether oxygens (including phenoxy) is 2. The van der Waals surface area contributed by atoms with Crippen molar-refractivity contribution in [3.63, 3.8) is 0 Å². The summed E-state index contributed by atoms with van der Waals surface area (Å²) in [7, 11) is 6.90. The van der Waals surface area contributed by atoms with Gasteiger partial charge in [-0.3, -0.25) is 14.5 Å². The van der Waals surface area contributed by atoms with Crippen LogP contribution in [0.5, 0.6) is 11.5 Å². The number of methoxy groups -OCH3 is 2. The first-order valence-electron chi connectivity index (χ1n) is 11.7. The molecule has 1 unspecified atom stereocenters. The highest BCUT2D eigenvalue weighted by atomic mass is 16.5. The van der Waals surface area contributed by atoms with E-state index in [1.54, 1.807) is 30.3 Å². The van der Waals surface area contributed by atoms with E-state index in [-0.39, 0.29) is 11.3 Å². The number of aliphatic hydroxyl groups excluding tert-OH is 1. The fourth-order valence-corrected chi connectivity index (χ4v) is 4.35. The Balaban J connectivity index is 1.93. The monoisotopic (exact) mass is 486 g/mol. The minimum atomic E-state index is -0.844. The van der Waals surface area contributed by atoms with E-state index in [9.17, 15) is 14.7 Å². The average Bonchev–Trinajstić information content (AvgIpc) is 3.18. The van der Waals surface area contributed by atoms with E-state index in [4.69, 9.17) is 9.47 Å². The number of aliphatic hydroxyl groups is 1. The molecule has 7 heteroatoms. The van der Waals surface area contributed by atoms with E-state index in [0.717, 1.165) is 17.7 Å². The summed E-state index contributed by atoms with van der Waals surface area (Å²) in [5.74, 6) is -0.754. The number of ketones is 1. The van der Waals surface area contributed by atoms with Gasteiger partial charge in [-0.25, -0.2) is 0 Å². The number of hydrogen-bond acceptors (Lipinski definition) is 6. The van der Waals surface area contributed by atoms with Crippen molar-refractivity contribution in [2.45, 2.75) is 19.4 Å². The van der Waals surface area contributed by atoms with Crippen molar-refractivity contribution in [3.05, 3.63) is 89.0 Å². The summed E-state index contributed by atoms with van der Waals surface area (Å²) in [4.78, 5) is 30.2. The molecule has 36 heavy (non-hydrogen) atoms. The molecule has 0 radical (unpaired) electrons. The highest BCUT2D eigenvalue weighted by Crippen LogP contribution is 2.44. The van der Waals surface area contributed by atoms with E-state index in [2.05, 4.69) is 0 Å². The third-order valence-corrected chi connectivity index (χ3v) is 6.42. The molecule has 1 fully saturated rings. The van der Waals surface area contributed by atoms with E-state index < -0.39 is 17.7 Å². The Morgan fingerprint density at radius 2 is 1.50 bits per heavy atom. The third-order valence-electron chi connectivity index (χ3n) is 6.42. The number of Topliss-reactive ketones (excluding diaryl/α,β-unsaturated/α-hetero) is 1. The summed E-state index contributed by atoms with van der Waals surface area (Å²) in [5, 5.41) is 11.3. The predicted octanol–water partition coefficient (Wildman–Crippen LogP) is 4.96. The van der Waals surface area contributed by atoms with Crippen LogP contribution in [0.3, 0.4) is 0 Å². The lowest BCUT2D eigenvalue weighted by atomic mass is 9.94. The van der Waals surface area contributed by atoms with E-state index in [1.165, 1.54) is 19.1 Å². The average molecular weight is 487 g/mol. The second-order valence-electron chi connectivity index (χ2n) is 8.78. The van der Waals surface area contributed by atoms with Crippen LogP contribution in [0.15, 0.2) is 72.3 Å². The lowest BCUT2D eigenvalue weighted by Crippen LogP contribution is -2.29. The van der Waals surface area contributed by atoms with Crippen molar-refractivity contribution in [3.8, 4) is 11.5 Å². The molecule has 1 amide bonds. The molecular weight excluding hydrogens is 456 g/mol. The Bertz CT molecular complexity index is 1290. The Labute approximate surface area is 211 Å². The maximum atomic E-state index is 13.5. The van der Waals surface area contributed by atoms with Gasteiger partial charge in [-0.05, 0) is 29.7 Å². The molecule has 186 valence electrons. The molecule has 1 N–H and O–H groups in total. The van der Waals surface area contributed by atoms with Crippen LogP contribution in [0.25, 0.3) is 5.76 Å². The van der Waals surface area contributed by atoms with Gasteiger partial charge in [-0.15, -0.1) is 0 Å². The second kappa shape index (κ2) is 10.2. The lowest BCUT2D eigenvalue weighted by Gasteiger charge is -2.26. The molecule has 1 atom stereocenters. The van der Waals surface area contributed by atoms with Crippen LogP contribution in [0.1, 0.15) is 29.7 Å². The van der Waals surface area contributed by atoms with Crippen molar-refractivity contribution in [2.75, 3.05) is 38.1 Å². The maximum absolute atomic E-state index is 13.5. The first-order valence-corrected chi connectivity index (χ1v) is 11.7. The number of amides is 1.